The number of para-hydroxylation sites is 1. The van der Waals surface area contributed by atoms with Crippen molar-refractivity contribution in [1.29, 1.82) is 0 Å². The van der Waals surface area contributed by atoms with E-state index in [1.54, 1.807) is 0 Å². The molecule has 0 spiro atoms. The fourth-order valence-corrected chi connectivity index (χ4v) is 5.13. The van der Waals surface area contributed by atoms with Crippen molar-refractivity contribution >= 4 is 21.8 Å². The molecule has 0 aliphatic rings. The second-order valence-corrected chi connectivity index (χ2v) is 18.2. The highest BCUT2D eigenvalue weighted by Crippen LogP contribution is 2.19. The third kappa shape index (κ3) is 6.08. The minimum Gasteiger partial charge on any atom is -0.377 e. The zero-order chi connectivity index (χ0) is 13.1. The van der Waals surface area contributed by atoms with Gasteiger partial charge in [-0.25, -0.2) is 0 Å². The van der Waals surface area contributed by atoms with Crippen molar-refractivity contribution < 1.29 is 0 Å². The van der Waals surface area contributed by atoms with E-state index in [0.29, 0.717) is 0 Å². The minimum absolute atomic E-state index is 1.05. The van der Waals surface area contributed by atoms with E-state index in [-0.39, 0.29) is 0 Å². The van der Waals surface area contributed by atoms with Crippen molar-refractivity contribution in [3.8, 4) is 0 Å². The quantitative estimate of drug-likeness (QED) is 0.720. The lowest BCUT2D eigenvalue weighted by Gasteiger charge is -2.35. The maximum atomic E-state index is 2.62. The molecule has 0 unspecified atom stereocenters. The van der Waals surface area contributed by atoms with Crippen LogP contribution in [0.15, 0.2) is 30.3 Å². The van der Waals surface area contributed by atoms with Gasteiger partial charge in [0.2, 0.25) is 0 Å². The fraction of sp³-hybridized carbons (Fsp3) is 0.571. The summed E-state index contributed by atoms with van der Waals surface area (Å²) in [5.74, 6) is 0. The van der Waals surface area contributed by atoms with Crippen LogP contribution in [-0.4, -0.2) is 28.5 Å². The topological polar surface area (TPSA) is 3.24 Å². The summed E-state index contributed by atoms with van der Waals surface area (Å²) < 4.78 is 0. The molecule has 17 heavy (non-hydrogen) atoms. The molecule has 1 rings (SSSR count). The van der Waals surface area contributed by atoms with E-state index in [0.717, 1.165) is 0 Å². The SMILES string of the molecule is C[Si](C)(C)CN(C[Si](C)(C)C)c1ccccc1. The first kappa shape index (κ1) is 14.5. The van der Waals surface area contributed by atoms with Gasteiger partial charge < -0.3 is 4.90 Å². The Labute approximate surface area is 109 Å². The van der Waals surface area contributed by atoms with Crippen molar-refractivity contribution in [2.75, 3.05) is 17.2 Å². The average molecular weight is 266 g/mol. The Morgan fingerprint density at radius 3 is 1.53 bits per heavy atom. The van der Waals surface area contributed by atoms with Gasteiger partial charge >= 0.3 is 0 Å². The van der Waals surface area contributed by atoms with E-state index < -0.39 is 16.1 Å². The minimum atomic E-state index is -1.05. The smallest absolute Gasteiger partial charge is 0.0665 e. The Hall–Kier alpha value is -0.546. The number of benzene rings is 1. The second-order valence-electron chi connectivity index (χ2n) is 7.31. The fourth-order valence-electron chi connectivity index (χ4n) is 2.02. The zero-order valence-corrected chi connectivity index (χ0v) is 14.2. The second kappa shape index (κ2) is 5.40. The molecule has 3 heteroatoms. The van der Waals surface area contributed by atoms with Crippen LogP contribution >= 0.6 is 0 Å². The molecule has 1 aromatic carbocycles. The maximum Gasteiger partial charge on any atom is 0.0665 e. The first-order valence-electron chi connectivity index (χ1n) is 6.47. The van der Waals surface area contributed by atoms with Crippen LogP contribution in [0.25, 0.3) is 0 Å². The van der Waals surface area contributed by atoms with Crippen LogP contribution in [0.2, 0.25) is 39.3 Å². The first-order chi connectivity index (χ1) is 7.67. The van der Waals surface area contributed by atoms with Gasteiger partial charge in [0.15, 0.2) is 0 Å². The van der Waals surface area contributed by atoms with Crippen molar-refractivity contribution in [2.45, 2.75) is 39.3 Å². The maximum absolute atomic E-state index is 2.62. The monoisotopic (exact) mass is 265 g/mol. The van der Waals surface area contributed by atoms with Gasteiger partial charge in [0.25, 0.3) is 0 Å². The number of anilines is 1. The summed E-state index contributed by atoms with van der Waals surface area (Å²) in [6.45, 7) is 14.7. The molecule has 0 atom stereocenters. The molecule has 0 amide bonds. The van der Waals surface area contributed by atoms with E-state index in [1.165, 1.54) is 18.0 Å². The van der Waals surface area contributed by atoms with Crippen molar-refractivity contribution in [3.63, 3.8) is 0 Å². The normalized spacial score (nSPS) is 12.6. The Morgan fingerprint density at radius 1 is 0.765 bits per heavy atom. The zero-order valence-electron chi connectivity index (χ0n) is 12.2. The largest absolute Gasteiger partial charge is 0.377 e. The first-order valence-corrected chi connectivity index (χ1v) is 13.9. The summed E-state index contributed by atoms with van der Waals surface area (Å²) in [4.78, 5) is 2.62. The Balaban J connectivity index is 2.87. The molecule has 0 saturated heterocycles. The molecular formula is C14H27NSi2. The third-order valence-corrected chi connectivity index (χ3v) is 5.11. The van der Waals surface area contributed by atoms with Gasteiger partial charge in [0.05, 0.1) is 16.1 Å². The van der Waals surface area contributed by atoms with Gasteiger partial charge in [-0.15, -0.1) is 0 Å². The lowest BCUT2D eigenvalue weighted by atomic mass is 10.3. The Bertz CT molecular complexity index is 319. The van der Waals surface area contributed by atoms with Crippen LogP contribution in [0.1, 0.15) is 0 Å². The van der Waals surface area contributed by atoms with Crippen LogP contribution in [0.5, 0.6) is 0 Å². The number of hydrogen-bond donors (Lipinski definition) is 0. The van der Waals surface area contributed by atoms with Gasteiger partial charge in [-0.2, -0.15) is 0 Å². The lowest BCUT2D eigenvalue weighted by molar-refractivity contribution is 0.997. The summed E-state index contributed by atoms with van der Waals surface area (Å²) >= 11 is 0. The van der Waals surface area contributed by atoms with Gasteiger partial charge in [-0.05, 0) is 12.1 Å². The molecular weight excluding hydrogens is 238 g/mol. The summed E-state index contributed by atoms with van der Waals surface area (Å²) in [5.41, 5.74) is 1.40. The molecule has 1 nitrogen and oxygen atoms in total. The molecule has 96 valence electrons. The van der Waals surface area contributed by atoms with Gasteiger partial charge in [-0.1, -0.05) is 57.5 Å². The van der Waals surface area contributed by atoms with Crippen molar-refractivity contribution in [2.24, 2.45) is 0 Å². The summed E-state index contributed by atoms with van der Waals surface area (Å²) in [7, 11) is -2.11. The van der Waals surface area contributed by atoms with Crippen LogP contribution in [-0.2, 0) is 0 Å². The summed E-state index contributed by atoms with van der Waals surface area (Å²) in [5, 5.41) is 0. The van der Waals surface area contributed by atoms with E-state index in [2.05, 4.69) is 74.5 Å². The average Bonchev–Trinajstić information content (AvgIpc) is 2.14. The molecule has 0 saturated carbocycles. The molecule has 0 aliphatic carbocycles. The molecule has 0 aromatic heterocycles. The van der Waals surface area contributed by atoms with Gasteiger partial charge in [-0.3, -0.25) is 0 Å². The number of hydrogen-bond acceptors (Lipinski definition) is 1. The van der Waals surface area contributed by atoms with E-state index in [1.807, 2.05) is 0 Å². The predicted molar refractivity (Wildman–Crippen MR) is 85.3 cm³/mol. The summed E-state index contributed by atoms with van der Waals surface area (Å²) in [6.07, 6.45) is 2.53. The molecule has 0 radical (unpaired) electrons. The van der Waals surface area contributed by atoms with Crippen LogP contribution < -0.4 is 4.90 Å². The molecule has 0 bridgehead atoms. The predicted octanol–water partition coefficient (Wildman–Crippen LogP) is 4.25. The summed E-state index contributed by atoms with van der Waals surface area (Å²) in [6, 6.07) is 10.9. The molecule has 0 fully saturated rings. The number of nitrogens with zero attached hydrogens (tertiary/aromatic N) is 1. The van der Waals surface area contributed by atoms with Gasteiger partial charge in [0.1, 0.15) is 0 Å². The van der Waals surface area contributed by atoms with Crippen LogP contribution in [0.4, 0.5) is 5.69 Å². The Kier molecular flexibility index (Phi) is 4.61. The van der Waals surface area contributed by atoms with Crippen molar-refractivity contribution in [1.82, 2.24) is 0 Å². The molecule has 0 aliphatic heterocycles. The highest BCUT2D eigenvalue weighted by Gasteiger charge is 2.23. The van der Waals surface area contributed by atoms with E-state index in [9.17, 15) is 0 Å². The van der Waals surface area contributed by atoms with Crippen LogP contribution in [0.3, 0.4) is 0 Å². The van der Waals surface area contributed by atoms with E-state index in [4.69, 9.17) is 0 Å². The van der Waals surface area contributed by atoms with Gasteiger partial charge in [0, 0.05) is 18.0 Å². The standard InChI is InChI=1S/C14H27NSi2/c1-16(2,3)12-15(13-17(4,5)6)14-10-8-7-9-11-14/h7-11H,12-13H2,1-6H3. The van der Waals surface area contributed by atoms with Crippen LogP contribution in [0, 0.1) is 0 Å². The Morgan fingerprint density at radius 2 is 1.18 bits per heavy atom. The molecule has 0 N–H and O–H groups in total. The molecule has 1 aromatic rings. The van der Waals surface area contributed by atoms with Crippen molar-refractivity contribution in [3.05, 3.63) is 30.3 Å². The molecule has 0 heterocycles. The number of rotatable bonds is 5. The third-order valence-electron chi connectivity index (χ3n) is 2.45. The lowest BCUT2D eigenvalue weighted by Crippen LogP contribution is -2.47. The highest BCUT2D eigenvalue weighted by molar-refractivity contribution is 6.78. The van der Waals surface area contributed by atoms with E-state index >= 15 is 0 Å². The highest BCUT2D eigenvalue weighted by atomic mass is 28.3.